The summed E-state index contributed by atoms with van der Waals surface area (Å²) < 4.78 is 45.1. The molecule has 1 saturated heterocycles. The third kappa shape index (κ3) is 2.78. The lowest BCUT2D eigenvalue weighted by Crippen LogP contribution is -2.47. The number of aliphatic hydroxyl groups is 1. The van der Waals surface area contributed by atoms with Gasteiger partial charge in [-0.1, -0.05) is 0 Å². The van der Waals surface area contributed by atoms with Crippen molar-refractivity contribution >= 4 is 15.7 Å². The van der Waals surface area contributed by atoms with E-state index in [0.29, 0.717) is 5.56 Å². The summed E-state index contributed by atoms with van der Waals surface area (Å²) in [6, 6.07) is 2.23. The van der Waals surface area contributed by atoms with Crippen molar-refractivity contribution in [2.45, 2.75) is 17.9 Å². The van der Waals surface area contributed by atoms with Crippen molar-refractivity contribution in [2.75, 3.05) is 32.0 Å². The highest BCUT2D eigenvalue weighted by molar-refractivity contribution is 7.89. The molecule has 1 aliphatic rings. The number of benzene rings is 1. The van der Waals surface area contributed by atoms with Gasteiger partial charge >= 0.3 is 0 Å². The Morgan fingerprint density at radius 1 is 1.55 bits per heavy atom. The molecule has 1 heterocycles. The average molecular weight is 304 g/mol. The van der Waals surface area contributed by atoms with Crippen LogP contribution in [-0.2, 0) is 14.8 Å². The van der Waals surface area contributed by atoms with Crippen molar-refractivity contribution in [3.05, 3.63) is 23.5 Å². The topological polar surface area (TPSA) is 92.9 Å². The Hall–Kier alpha value is -1.22. The zero-order chi connectivity index (χ0) is 14.9. The van der Waals surface area contributed by atoms with Gasteiger partial charge in [-0.2, -0.15) is 4.31 Å². The van der Waals surface area contributed by atoms with Crippen LogP contribution in [0.4, 0.5) is 10.1 Å². The second-order valence-corrected chi connectivity index (χ2v) is 6.58. The number of morpholine rings is 1. The van der Waals surface area contributed by atoms with Gasteiger partial charge in [0.15, 0.2) is 0 Å². The SMILES string of the molecule is Cc1cc(F)c(S(=O)(=O)N2CCOC(CO)C2)cc1N. The number of rotatable bonds is 3. The van der Waals surface area contributed by atoms with Crippen LogP contribution in [0.3, 0.4) is 0 Å². The number of aryl methyl sites for hydroxylation is 1. The molecule has 1 aliphatic heterocycles. The molecule has 1 unspecified atom stereocenters. The minimum atomic E-state index is -3.99. The molecule has 0 aliphatic carbocycles. The molecule has 0 amide bonds. The third-order valence-corrected chi connectivity index (χ3v) is 5.12. The van der Waals surface area contributed by atoms with E-state index in [1.807, 2.05) is 0 Å². The van der Waals surface area contributed by atoms with Gasteiger partial charge in [-0.25, -0.2) is 12.8 Å². The van der Waals surface area contributed by atoms with E-state index in [4.69, 9.17) is 15.6 Å². The van der Waals surface area contributed by atoms with Crippen molar-refractivity contribution in [1.82, 2.24) is 4.31 Å². The summed E-state index contributed by atoms with van der Waals surface area (Å²) >= 11 is 0. The van der Waals surface area contributed by atoms with E-state index in [0.717, 1.165) is 16.4 Å². The Morgan fingerprint density at radius 3 is 2.90 bits per heavy atom. The molecule has 2 rings (SSSR count). The van der Waals surface area contributed by atoms with Gasteiger partial charge in [-0.3, -0.25) is 0 Å². The largest absolute Gasteiger partial charge is 0.398 e. The van der Waals surface area contributed by atoms with E-state index in [2.05, 4.69) is 0 Å². The highest BCUT2D eigenvalue weighted by Gasteiger charge is 2.32. The molecule has 0 spiro atoms. The molecule has 1 atom stereocenters. The van der Waals surface area contributed by atoms with Crippen molar-refractivity contribution in [3.63, 3.8) is 0 Å². The first kappa shape index (κ1) is 15.2. The number of nitrogens with zero attached hydrogens (tertiary/aromatic N) is 1. The maximum atomic E-state index is 13.9. The summed E-state index contributed by atoms with van der Waals surface area (Å²) in [5.41, 5.74) is 6.36. The summed E-state index contributed by atoms with van der Waals surface area (Å²) in [7, 11) is -3.99. The molecular formula is C12H17FN2O4S. The van der Waals surface area contributed by atoms with Gasteiger partial charge in [0.1, 0.15) is 10.7 Å². The number of hydrogen-bond donors (Lipinski definition) is 2. The lowest BCUT2D eigenvalue weighted by Gasteiger charge is -2.31. The van der Waals surface area contributed by atoms with E-state index in [-0.39, 0.29) is 32.0 Å². The highest BCUT2D eigenvalue weighted by Crippen LogP contribution is 2.25. The van der Waals surface area contributed by atoms with Crippen LogP contribution in [0.1, 0.15) is 5.56 Å². The van der Waals surface area contributed by atoms with Crippen LogP contribution < -0.4 is 5.73 Å². The van der Waals surface area contributed by atoms with E-state index in [1.165, 1.54) is 0 Å². The summed E-state index contributed by atoms with van der Waals surface area (Å²) in [6.07, 6.45) is -0.593. The van der Waals surface area contributed by atoms with Gasteiger partial charge in [0.05, 0.1) is 19.3 Å². The lowest BCUT2D eigenvalue weighted by molar-refractivity contribution is -0.0305. The standard InChI is InChI=1S/C12H17FN2O4S/c1-8-4-10(13)12(5-11(8)14)20(17,18)15-2-3-19-9(6-15)7-16/h4-5,9,16H,2-3,6-7,14H2,1H3. The molecule has 1 aromatic carbocycles. The second-order valence-electron chi connectivity index (χ2n) is 4.68. The second kappa shape index (κ2) is 5.65. The number of anilines is 1. The molecule has 0 bridgehead atoms. The molecule has 1 fully saturated rings. The first-order valence-corrected chi connectivity index (χ1v) is 7.58. The predicted octanol–water partition coefficient (Wildman–Crippen LogP) is 0.0981. The van der Waals surface area contributed by atoms with Gasteiger partial charge in [-0.15, -0.1) is 0 Å². The van der Waals surface area contributed by atoms with Crippen LogP contribution in [0.5, 0.6) is 0 Å². The van der Waals surface area contributed by atoms with Crippen LogP contribution in [0, 0.1) is 12.7 Å². The normalized spacial score (nSPS) is 21.1. The Balaban J connectivity index is 2.37. The van der Waals surface area contributed by atoms with Crippen LogP contribution in [0.15, 0.2) is 17.0 Å². The lowest BCUT2D eigenvalue weighted by atomic mass is 10.2. The number of nitrogen functional groups attached to an aromatic ring is 1. The van der Waals surface area contributed by atoms with Gasteiger partial charge < -0.3 is 15.6 Å². The Labute approximate surface area is 117 Å². The van der Waals surface area contributed by atoms with E-state index in [9.17, 15) is 12.8 Å². The summed E-state index contributed by atoms with van der Waals surface area (Å²) in [6.45, 7) is 1.58. The molecule has 0 aromatic heterocycles. The minimum absolute atomic E-state index is 0.00788. The minimum Gasteiger partial charge on any atom is -0.398 e. The Morgan fingerprint density at radius 2 is 2.25 bits per heavy atom. The fraction of sp³-hybridized carbons (Fsp3) is 0.500. The number of nitrogens with two attached hydrogens (primary N) is 1. The van der Waals surface area contributed by atoms with Crippen LogP contribution >= 0.6 is 0 Å². The zero-order valence-electron chi connectivity index (χ0n) is 11.0. The fourth-order valence-electron chi connectivity index (χ4n) is 2.03. The molecular weight excluding hydrogens is 287 g/mol. The average Bonchev–Trinajstić information content (AvgIpc) is 2.42. The first-order valence-electron chi connectivity index (χ1n) is 6.14. The van der Waals surface area contributed by atoms with Crippen molar-refractivity contribution in [2.24, 2.45) is 0 Å². The number of hydrogen-bond acceptors (Lipinski definition) is 5. The van der Waals surface area contributed by atoms with Gasteiger partial charge in [0, 0.05) is 18.8 Å². The van der Waals surface area contributed by atoms with Crippen molar-refractivity contribution in [3.8, 4) is 0 Å². The van der Waals surface area contributed by atoms with Crippen molar-refractivity contribution < 1.29 is 22.7 Å². The Bertz CT molecular complexity index is 606. The molecule has 3 N–H and O–H groups in total. The molecule has 0 radical (unpaired) electrons. The quantitative estimate of drug-likeness (QED) is 0.773. The Kier molecular flexibility index (Phi) is 4.28. The predicted molar refractivity (Wildman–Crippen MR) is 71.1 cm³/mol. The van der Waals surface area contributed by atoms with E-state index < -0.39 is 26.8 Å². The molecule has 6 nitrogen and oxygen atoms in total. The molecule has 8 heteroatoms. The smallest absolute Gasteiger partial charge is 0.246 e. The first-order chi connectivity index (χ1) is 9.36. The number of aliphatic hydroxyl groups excluding tert-OH is 1. The third-order valence-electron chi connectivity index (χ3n) is 3.24. The van der Waals surface area contributed by atoms with Crippen LogP contribution in [-0.4, -0.2) is 50.2 Å². The fourth-order valence-corrected chi connectivity index (χ4v) is 3.56. The monoisotopic (exact) mass is 304 g/mol. The maximum absolute atomic E-state index is 13.9. The highest BCUT2D eigenvalue weighted by atomic mass is 32.2. The molecule has 112 valence electrons. The number of ether oxygens (including phenoxy) is 1. The van der Waals surface area contributed by atoms with E-state index in [1.54, 1.807) is 6.92 Å². The van der Waals surface area contributed by atoms with Gasteiger partial charge in [0.25, 0.3) is 0 Å². The van der Waals surface area contributed by atoms with Crippen LogP contribution in [0.25, 0.3) is 0 Å². The maximum Gasteiger partial charge on any atom is 0.246 e. The number of sulfonamides is 1. The zero-order valence-corrected chi connectivity index (χ0v) is 11.9. The summed E-state index contributed by atoms with van der Waals surface area (Å²) in [5, 5.41) is 9.04. The summed E-state index contributed by atoms with van der Waals surface area (Å²) in [5.74, 6) is -0.830. The number of halogens is 1. The van der Waals surface area contributed by atoms with Crippen molar-refractivity contribution in [1.29, 1.82) is 0 Å². The van der Waals surface area contributed by atoms with E-state index >= 15 is 0 Å². The molecule has 20 heavy (non-hydrogen) atoms. The molecule has 0 saturated carbocycles. The van der Waals surface area contributed by atoms with Crippen LogP contribution in [0.2, 0.25) is 0 Å². The van der Waals surface area contributed by atoms with Gasteiger partial charge in [0.2, 0.25) is 10.0 Å². The summed E-state index contributed by atoms with van der Waals surface area (Å²) in [4.78, 5) is -0.445. The van der Waals surface area contributed by atoms with Gasteiger partial charge in [-0.05, 0) is 24.6 Å². The molecule has 1 aromatic rings.